The van der Waals surface area contributed by atoms with Gasteiger partial charge in [-0.05, 0) is 43.9 Å². The molecule has 0 bridgehead atoms. The topological polar surface area (TPSA) is 54.5 Å². The maximum Gasteiger partial charge on any atom is 0.150 e. The Morgan fingerprint density at radius 1 is 1.13 bits per heavy atom. The molecular formula is C18H33NO3S. The summed E-state index contributed by atoms with van der Waals surface area (Å²) in [6, 6.07) is -0.0810. The van der Waals surface area contributed by atoms with Crippen LogP contribution in [0.1, 0.15) is 61.3 Å². The third-order valence-electron chi connectivity index (χ3n) is 6.15. The van der Waals surface area contributed by atoms with E-state index in [0.29, 0.717) is 6.42 Å². The highest BCUT2D eigenvalue weighted by Crippen LogP contribution is 2.57. The highest BCUT2D eigenvalue weighted by molar-refractivity contribution is 7.92. The Labute approximate surface area is 141 Å². The number of carbonyl (C=O) groups is 1. The van der Waals surface area contributed by atoms with Gasteiger partial charge in [-0.1, -0.05) is 27.7 Å². The molecule has 0 N–H and O–H groups in total. The van der Waals surface area contributed by atoms with E-state index in [2.05, 4.69) is 46.4 Å². The molecule has 4 nitrogen and oxygen atoms in total. The predicted octanol–water partition coefficient (Wildman–Crippen LogP) is 2.92. The molecule has 2 aliphatic heterocycles. The highest BCUT2D eigenvalue weighted by atomic mass is 32.2. The van der Waals surface area contributed by atoms with E-state index in [-0.39, 0.29) is 45.6 Å². The minimum atomic E-state index is -2.87. The van der Waals surface area contributed by atoms with Crippen LogP contribution >= 0.6 is 0 Å². The lowest BCUT2D eigenvalue weighted by molar-refractivity contribution is -0.124. The van der Waals surface area contributed by atoms with Crippen LogP contribution in [0.2, 0.25) is 0 Å². The summed E-state index contributed by atoms with van der Waals surface area (Å²) in [7, 11) is -2.87. The lowest BCUT2D eigenvalue weighted by atomic mass is 9.59. The Morgan fingerprint density at radius 2 is 1.65 bits per heavy atom. The van der Waals surface area contributed by atoms with Crippen molar-refractivity contribution in [2.75, 3.05) is 18.1 Å². The van der Waals surface area contributed by atoms with Gasteiger partial charge in [0.25, 0.3) is 0 Å². The Balaban J connectivity index is 2.43. The fourth-order valence-corrected chi connectivity index (χ4v) is 6.26. The van der Waals surface area contributed by atoms with E-state index < -0.39 is 9.84 Å². The van der Waals surface area contributed by atoms with Gasteiger partial charge < -0.3 is 0 Å². The van der Waals surface area contributed by atoms with Crippen molar-refractivity contribution in [2.45, 2.75) is 72.9 Å². The summed E-state index contributed by atoms with van der Waals surface area (Å²) in [5.41, 5.74) is -0.230. The number of carbonyl (C=O) groups excluding carboxylic acids is 1. The minimum absolute atomic E-state index is 0.0279. The van der Waals surface area contributed by atoms with Crippen molar-refractivity contribution >= 4 is 15.6 Å². The average molecular weight is 344 g/mol. The van der Waals surface area contributed by atoms with Gasteiger partial charge >= 0.3 is 0 Å². The first-order chi connectivity index (χ1) is 10.2. The lowest BCUT2D eigenvalue weighted by Gasteiger charge is -2.51. The SMILES string of the molecule is CCC(=O)[C@@H]1C[C@@](C2CS(=O)(=O)C2)(C(C)(C)C)CN1C(C)(C)C. The van der Waals surface area contributed by atoms with Crippen LogP contribution in [0.4, 0.5) is 0 Å². The van der Waals surface area contributed by atoms with Crippen molar-refractivity contribution in [1.29, 1.82) is 0 Å². The van der Waals surface area contributed by atoms with Crippen LogP contribution in [0.5, 0.6) is 0 Å². The van der Waals surface area contributed by atoms with Gasteiger partial charge in [0, 0.05) is 18.5 Å². The van der Waals surface area contributed by atoms with Crippen molar-refractivity contribution in [3.8, 4) is 0 Å². The summed E-state index contributed by atoms with van der Waals surface area (Å²) in [5, 5.41) is 0. The Morgan fingerprint density at radius 3 is 2.00 bits per heavy atom. The predicted molar refractivity (Wildman–Crippen MR) is 94.2 cm³/mol. The van der Waals surface area contributed by atoms with Gasteiger partial charge in [-0.3, -0.25) is 9.69 Å². The van der Waals surface area contributed by atoms with Crippen molar-refractivity contribution in [3.63, 3.8) is 0 Å². The number of Topliss-reactive ketones (excluding diaryl/α,β-unsaturated/α-hetero) is 1. The second kappa shape index (κ2) is 5.55. The molecule has 5 heteroatoms. The van der Waals surface area contributed by atoms with Crippen molar-refractivity contribution < 1.29 is 13.2 Å². The second-order valence-electron chi connectivity index (χ2n) is 9.52. The van der Waals surface area contributed by atoms with Crippen LogP contribution in [0.25, 0.3) is 0 Å². The van der Waals surface area contributed by atoms with Gasteiger partial charge in [-0.25, -0.2) is 8.42 Å². The zero-order valence-corrected chi connectivity index (χ0v) is 16.6. The van der Waals surface area contributed by atoms with Gasteiger partial charge in [0.2, 0.25) is 0 Å². The fraction of sp³-hybridized carbons (Fsp3) is 0.944. The number of likely N-dealkylation sites (tertiary alicyclic amines) is 1. The van der Waals surface area contributed by atoms with Crippen LogP contribution in [-0.4, -0.2) is 48.7 Å². The van der Waals surface area contributed by atoms with Crippen LogP contribution in [-0.2, 0) is 14.6 Å². The Hall–Kier alpha value is -0.420. The van der Waals surface area contributed by atoms with Crippen LogP contribution in [0.3, 0.4) is 0 Å². The molecule has 2 atom stereocenters. The number of sulfone groups is 1. The Bertz CT molecular complexity index is 570. The first-order valence-corrected chi connectivity index (χ1v) is 10.6. The second-order valence-corrected chi connectivity index (χ2v) is 11.7. The summed E-state index contributed by atoms with van der Waals surface area (Å²) in [6.45, 7) is 15.8. The zero-order chi connectivity index (χ0) is 17.8. The first-order valence-electron chi connectivity index (χ1n) is 8.73. The molecule has 2 rings (SSSR count). The normalized spacial score (nSPS) is 32.7. The van der Waals surface area contributed by atoms with E-state index in [1.165, 1.54) is 0 Å². The van der Waals surface area contributed by atoms with Gasteiger partial charge in [0.1, 0.15) is 5.78 Å². The third-order valence-corrected chi connectivity index (χ3v) is 7.97. The monoisotopic (exact) mass is 343 g/mol. The zero-order valence-electron chi connectivity index (χ0n) is 15.8. The summed E-state index contributed by atoms with van der Waals surface area (Å²) in [5.74, 6) is 1.03. The van der Waals surface area contributed by atoms with Gasteiger partial charge in [-0.15, -0.1) is 0 Å². The molecule has 0 aliphatic carbocycles. The van der Waals surface area contributed by atoms with E-state index in [9.17, 15) is 13.2 Å². The third kappa shape index (κ3) is 3.23. The molecule has 2 saturated heterocycles. The van der Waals surface area contributed by atoms with E-state index in [0.717, 1.165) is 13.0 Å². The molecule has 0 aromatic heterocycles. The minimum Gasteiger partial charge on any atom is -0.298 e. The molecule has 0 aromatic carbocycles. The van der Waals surface area contributed by atoms with E-state index in [4.69, 9.17) is 0 Å². The van der Waals surface area contributed by atoms with Gasteiger partial charge in [-0.2, -0.15) is 0 Å². The fourth-order valence-electron chi connectivity index (χ4n) is 4.50. The summed E-state index contributed by atoms with van der Waals surface area (Å²) in [4.78, 5) is 14.9. The van der Waals surface area contributed by atoms with Gasteiger partial charge in [0.05, 0.1) is 17.5 Å². The van der Waals surface area contributed by atoms with E-state index in [1.807, 2.05) is 6.92 Å². The average Bonchev–Trinajstić information content (AvgIpc) is 2.75. The standard InChI is InChI=1S/C18H33NO3S/c1-8-15(20)14-9-18(16(2,3)4,12-19(14)17(5,6)7)13-10-23(21,22)11-13/h13-14H,8-12H2,1-7H3/t14-,18+/m0/s1. The molecule has 0 spiro atoms. The maximum absolute atomic E-state index is 12.6. The van der Waals surface area contributed by atoms with Crippen LogP contribution in [0.15, 0.2) is 0 Å². The van der Waals surface area contributed by atoms with Crippen molar-refractivity contribution in [1.82, 2.24) is 4.90 Å². The maximum atomic E-state index is 12.6. The number of nitrogens with zero attached hydrogens (tertiary/aromatic N) is 1. The van der Waals surface area contributed by atoms with Gasteiger partial charge in [0.15, 0.2) is 9.84 Å². The molecule has 2 fully saturated rings. The quantitative estimate of drug-likeness (QED) is 0.790. The molecule has 23 heavy (non-hydrogen) atoms. The first kappa shape index (κ1) is 18.9. The summed E-state index contributed by atoms with van der Waals surface area (Å²) >= 11 is 0. The number of hydrogen-bond donors (Lipinski definition) is 0. The molecule has 0 saturated carbocycles. The number of rotatable bonds is 3. The Kier molecular flexibility index (Phi) is 4.56. The largest absolute Gasteiger partial charge is 0.298 e. The molecule has 0 aromatic rings. The van der Waals surface area contributed by atoms with E-state index in [1.54, 1.807) is 0 Å². The van der Waals surface area contributed by atoms with Crippen LogP contribution < -0.4 is 0 Å². The smallest absolute Gasteiger partial charge is 0.150 e. The van der Waals surface area contributed by atoms with Crippen LogP contribution in [0, 0.1) is 16.7 Å². The van der Waals surface area contributed by atoms with Crippen molar-refractivity contribution in [2.24, 2.45) is 16.7 Å². The molecule has 2 heterocycles. The van der Waals surface area contributed by atoms with Crippen molar-refractivity contribution in [3.05, 3.63) is 0 Å². The molecular weight excluding hydrogens is 310 g/mol. The number of hydrogen-bond acceptors (Lipinski definition) is 4. The lowest BCUT2D eigenvalue weighted by Crippen LogP contribution is -2.56. The molecule has 0 radical (unpaired) electrons. The molecule has 2 aliphatic rings. The summed E-state index contributed by atoms with van der Waals surface area (Å²) < 4.78 is 23.6. The summed E-state index contributed by atoms with van der Waals surface area (Å²) in [6.07, 6.45) is 1.33. The van der Waals surface area contributed by atoms with E-state index >= 15 is 0 Å². The highest BCUT2D eigenvalue weighted by Gasteiger charge is 2.61. The molecule has 0 amide bonds. The molecule has 134 valence electrons. The number of ketones is 1. The molecule has 0 unspecified atom stereocenters.